The standard InChI is InChI=1S/C7H13N5S/c1-3-12(8)6-9-5-10-7(11-6)13-4-2/h5H,3-4,8H2,1-2H3. The Kier molecular flexibility index (Phi) is 3.91. The summed E-state index contributed by atoms with van der Waals surface area (Å²) in [6, 6.07) is 0. The molecule has 13 heavy (non-hydrogen) atoms. The molecule has 0 amide bonds. The Morgan fingerprint density at radius 1 is 1.46 bits per heavy atom. The van der Waals surface area contributed by atoms with E-state index in [1.165, 1.54) is 11.3 Å². The second kappa shape index (κ2) is 4.98. The Morgan fingerprint density at radius 2 is 2.23 bits per heavy atom. The lowest BCUT2D eigenvalue weighted by Crippen LogP contribution is -2.32. The Balaban J connectivity index is 2.78. The number of nitrogens with zero attached hydrogens (tertiary/aromatic N) is 4. The van der Waals surface area contributed by atoms with Crippen LogP contribution in [0.1, 0.15) is 13.8 Å². The quantitative estimate of drug-likeness (QED) is 0.437. The Bertz CT molecular complexity index is 267. The predicted molar refractivity (Wildman–Crippen MR) is 53.4 cm³/mol. The first-order valence-electron chi connectivity index (χ1n) is 4.12. The summed E-state index contributed by atoms with van der Waals surface area (Å²) in [4.78, 5) is 12.1. The van der Waals surface area contributed by atoms with Crippen LogP contribution in [0.25, 0.3) is 0 Å². The summed E-state index contributed by atoms with van der Waals surface area (Å²) < 4.78 is 0. The summed E-state index contributed by atoms with van der Waals surface area (Å²) in [6.45, 7) is 4.67. The molecule has 0 aliphatic rings. The first-order valence-corrected chi connectivity index (χ1v) is 5.10. The number of aromatic nitrogens is 3. The van der Waals surface area contributed by atoms with Gasteiger partial charge in [-0.2, -0.15) is 4.98 Å². The Morgan fingerprint density at radius 3 is 2.85 bits per heavy atom. The molecule has 5 nitrogen and oxygen atoms in total. The van der Waals surface area contributed by atoms with E-state index in [9.17, 15) is 0 Å². The molecule has 0 unspecified atom stereocenters. The summed E-state index contributed by atoms with van der Waals surface area (Å²) in [5, 5.41) is 2.21. The van der Waals surface area contributed by atoms with E-state index in [0.717, 1.165) is 10.9 Å². The molecular weight excluding hydrogens is 186 g/mol. The van der Waals surface area contributed by atoms with E-state index >= 15 is 0 Å². The van der Waals surface area contributed by atoms with Gasteiger partial charge in [0.1, 0.15) is 6.33 Å². The van der Waals surface area contributed by atoms with Crippen LogP contribution in [-0.2, 0) is 0 Å². The van der Waals surface area contributed by atoms with Crippen LogP contribution in [0.15, 0.2) is 11.5 Å². The molecule has 0 aliphatic carbocycles. The minimum absolute atomic E-state index is 0.522. The first-order chi connectivity index (χ1) is 6.27. The monoisotopic (exact) mass is 199 g/mol. The molecule has 0 aromatic carbocycles. The van der Waals surface area contributed by atoms with Gasteiger partial charge in [0.2, 0.25) is 5.95 Å². The van der Waals surface area contributed by atoms with Gasteiger partial charge < -0.3 is 0 Å². The fourth-order valence-electron chi connectivity index (χ4n) is 0.752. The summed E-state index contributed by atoms with van der Waals surface area (Å²) in [5.41, 5.74) is 0. The van der Waals surface area contributed by atoms with Gasteiger partial charge in [-0.05, 0) is 12.7 Å². The van der Waals surface area contributed by atoms with Crippen molar-refractivity contribution in [2.24, 2.45) is 5.84 Å². The molecule has 0 atom stereocenters. The van der Waals surface area contributed by atoms with Gasteiger partial charge in [-0.3, -0.25) is 5.01 Å². The summed E-state index contributed by atoms with van der Waals surface area (Å²) >= 11 is 1.57. The van der Waals surface area contributed by atoms with Crippen LogP contribution in [0.2, 0.25) is 0 Å². The van der Waals surface area contributed by atoms with E-state index in [0.29, 0.717) is 12.5 Å². The number of hydrogen-bond acceptors (Lipinski definition) is 6. The second-order valence-electron chi connectivity index (χ2n) is 2.29. The summed E-state index contributed by atoms with van der Waals surface area (Å²) in [6.07, 6.45) is 1.48. The van der Waals surface area contributed by atoms with Gasteiger partial charge in [-0.1, -0.05) is 18.7 Å². The normalized spacial score (nSPS) is 10.1. The maximum absolute atomic E-state index is 5.63. The highest BCUT2D eigenvalue weighted by Crippen LogP contribution is 2.12. The van der Waals surface area contributed by atoms with Crippen molar-refractivity contribution in [3.63, 3.8) is 0 Å². The lowest BCUT2D eigenvalue weighted by molar-refractivity contribution is 0.792. The molecule has 0 fully saturated rings. The van der Waals surface area contributed by atoms with Crippen LogP contribution in [0, 0.1) is 0 Å². The zero-order valence-corrected chi connectivity index (χ0v) is 8.58. The molecule has 2 N–H and O–H groups in total. The van der Waals surface area contributed by atoms with Crippen LogP contribution in [-0.4, -0.2) is 27.2 Å². The lowest BCUT2D eigenvalue weighted by Gasteiger charge is -2.12. The third-order valence-electron chi connectivity index (χ3n) is 1.41. The van der Waals surface area contributed by atoms with Gasteiger partial charge in [0.15, 0.2) is 5.16 Å². The smallest absolute Gasteiger partial charge is 0.243 e. The average molecular weight is 199 g/mol. The van der Waals surface area contributed by atoms with Crippen LogP contribution in [0.3, 0.4) is 0 Å². The van der Waals surface area contributed by atoms with Crippen LogP contribution < -0.4 is 10.9 Å². The number of hydrazine groups is 1. The molecule has 1 aromatic heterocycles. The highest BCUT2D eigenvalue weighted by Gasteiger charge is 2.03. The van der Waals surface area contributed by atoms with Crippen molar-refractivity contribution in [1.29, 1.82) is 0 Å². The molecular formula is C7H13N5S. The second-order valence-corrected chi connectivity index (χ2v) is 3.52. The van der Waals surface area contributed by atoms with Crippen molar-refractivity contribution < 1.29 is 0 Å². The van der Waals surface area contributed by atoms with Crippen molar-refractivity contribution in [3.05, 3.63) is 6.33 Å². The molecule has 1 aromatic rings. The third-order valence-corrected chi connectivity index (χ3v) is 2.15. The van der Waals surface area contributed by atoms with Gasteiger partial charge in [0.05, 0.1) is 0 Å². The molecule has 0 saturated carbocycles. The number of nitrogens with two attached hydrogens (primary N) is 1. The van der Waals surface area contributed by atoms with Gasteiger partial charge >= 0.3 is 0 Å². The van der Waals surface area contributed by atoms with E-state index in [2.05, 4.69) is 15.0 Å². The lowest BCUT2D eigenvalue weighted by atomic mass is 10.7. The highest BCUT2D eigenvalue weighted by molar-refractivity contribution is 7.99. The fraction of sp³-hybridized carbons (Fsp3) is 0.571. The number of thioether (sulfide) groups is 1. The van der Waals surface area contributed by atoms with Gasteiger partial charge in [-0.25, -0.2) is 15.8 Å². The van der Waals surface area contributed by atoms with E-state index in [-0.39, 0.29) is 0 Å². The van der Waals surface area contributed by atoms with E-state index in [4.69, 9.17) is 5.84 Å². The minimum Gasteiger partial charge on any atom is -0.279 e. The third kappa shape index (κ3) is 2.82. The number of rotatable bonds is 4. The van der Waals surface area contributed by atoms with E-state index < -0.39 is 0 Å². The van der Waals surface area contributed by atoms with Crippen molar-refractivity contribution in [1.82, 2.24) is 15.0 Å². The Labute approximate surface area is 81.7 Å². The minimum atomic E-state index is 0.522. The van der Waals surface area contributed by atoms with Crippen molar-refractivity contribution in [2.45, 2.75) is 19.0 Å². The zero-order valence-electron chi connectivity index (χ0n) is 7.77. The van der Waals surface area contributed by atoms with Gasteiger partial charge in [0.25, 0.3) is 0 Å². The highest BCUT2D eigenvalue weighted by atomic mass is 32.2. The molecule has 6 heteroatoms. The largest absolute Gasteiger partial charge is 0.279 e. The molecule has 0 aliphatic heterocycles. The molecule has 0 radical (unpaired) electrons. The number of anilines is 1. The van der Waals surface area contributed by atoms with Crippen molar-refractivity contribution in [2.75, 3.05) is 17.3 Å². The molecule has 0 saturated heterocycles. The zero-order chi connectivity index (χ0) is 9.68. The fourth-order valence-corrected chi connectivity index (χ4v) is 1.28. The maximum atomic E-state index is 5.63. The topological polar surface area (TPSA) is 67.9 Å². The summed E-state index contributed by atoms with van der Waals surface area (Å²) in [5.74, 6) is 7.10. The first kappa shape index (κ1) is 10.2. The maximum Gasteiger partial charge on any atom is 0.243 e. The molecule has 1 rings (SSSR count). The van der Waals surface area contributed by atoms with Crippen molar-refractivity contribution >= 4 is 17.7 Å². The van der Waals surface area contributed by atoms with Crippen LogP contribution >= 0.6 is 11.8 Å². The van der Waals surface area contributed by atoms with Crippen LogP contribution in [0.4, 0.5) is 5.95 Å². The van der Waals surface area contributed by atoms with Crippen LogP contribution in [0.5, 0.6) is 0 Å². The molecule has 1 heterocycles. The Hall–Kier alpha value is -0.880. The average Bonchev–Trinajstić information content (AvgIpc) is 2.18. The number of hydrogen-bond donors (Lipinski definition) is 1. The molecule has 0 spiro atoms. The summed E-state index contributed by atoms with van der Waals surface area (Å²) in [7, 11) is 0. The SMILES string of the molecule is CCSc1ncnc(N(N)CC)n1. The predicted octanol–water partition coefficient (Wildman–Crippen LogP) is 0.684. The molecule has 0 bridgehead atoms. The van der Waals surface area contributed by atoms with E-state index in [1.54, 1.807) is 11.8 Å². The molecule has 72 valence electrons. The van der Waals surface area contributed by atoms with E-state index in [1.807, 2.05) is 13.8 Å². The van der Waals surface area contributed by atoms with Crippen molar-refractivity contribution in [3.8, 4) is 0 Å². The van der Waals surface area contributed by atoms with Gasteiger partial charge in [-0.15, -0.1) is 0 Å². The van der Waals surface area contributed by atoms with Gasteiger partial charge in [0, 0.05) is 6.54 Å².